The second kappa shape index (κ2) is 6.40. The number of hydrogen-bond acceptors (Lipinski definition) is 3. The summed E-state index contributed by atoms with van der Waals surface area (Å²) in [4.78, 5) is 12.1. The molecule has 2 aliphatic carbocycles. The second-order valence-corrected chi connectivity index (χ2v) is 6.28. The van der Waals surface area contributed by atoms with E-state index in [1.807, 2.05) is 18.2 Å². The largest absolute Gasteiger partial charge is 0.507 e. The first kappa shape index (κ1) is 15.4. The van der Waals surface area contributed by atoms with Crippen molar-refractivity contribution < 1.29 is 9.90 Å². The van der Waals surface area contributed by atoms with Crippen molar-refractivity contribution in [3.8, 4) is 5.75 Å². The summed E-state index contributed by atoms with van der Waals surface area (Å²) >= 11 is 0. The molecule has 0 saturated carbocycles. The Bertz CT molecular complexity index is 897. The third-order valence-electron chi connectivity index (χ3n) is 4.77. The van der Waals surface area contributed by atoms with Crippen LogP contribution in [0.4, 0.5) is 0 Å². The van der Waals surface area contributed by atoms with E-state index in [4.69, 9.17) is 0 Å². The molecule has 2 bridgehead atoms. The fraction of sp³-hybridized carbons (Fsp3) is 0.143. The molecule has 2 N–H and O–H groups in total. The van der Waals surface area contributed by atoms with Crippen LogP contribution in [0.3, 0.4) is 0 Å². The van der Waals surface area contributed by atoms with Crippen molar-refractivity contribution in [1.82, 2.24) is 5.43 Å². The number of aromatic hydroxyl groups is 1. The first-order valence-corrected chi connectivity index (χ1v) is 8.33. The zero-order valence-electron chi connectivity index (χ0n) is 13.6. The molecule has 0 saturated heterocycles. The van der Waals surface area contributed by atoms with Gasteiger partial charge in [-0.3, -0.25) is 4.79 Å². The maximum atomic E-state index is 12.1. The smallest absolute Gasteiger partial charge is 0.275 e. The number of carbonyl (C=O) groups excluding carboxylic acids is 1. The van der Waals surface area contributed by atoms with Gasteiger partial charge in [-0.2, -0.15) is 5.10 Å². The van der Waals surface area contributed by atoms with Crippen molar-refractivity contribution in [3.63, 3.8) is 0 Å². The molecule has 4 nitrogen and oxygen atoms in total. The number of para-hydroxylation sites is 1. The van der Waals surface area contributed by atoms with Gasteiger partial charge in [0.25, 0.3) is 5.91 Å². The standard InChI is InChI=1S/C21H18N2O2/c24-19-9-5-4-8-17(19)21(25)23-22-13-18-15-10-11-16(12-15)20(18)14-6-2-1-3-7-14/h1-11,13,15-16,24H,12H2,(H,23,25)/b22-13+. The van der Waals surface area contributed by atoms with Crippen molar-refractivity contribution in [2.45, 2.75) is 6.42 Å². The summed E-state index contributed by atoms with van der Waals surface area (Å²) in [6.07, 6.45) is 7.28. The number of amides is 1. The Morgan fingerprint density at radius 2 is 1.76 bits per heavy atom. The molecular weight excluding hydrogens is 312 g/mol. The number of carbonyl (C=O) groups is 1. The van der Waals surface area contributed by atoms with Gasteiger partial charge in [0.2, 0.25) is 0 Å². The van der Waals surface area contributed by atoms with E-state index < -0.39 is 5.91 Å². The minimum atomic E-state index is -0.421. The number of hydrogen-bond donors (Lipinski definition) is 2. The second-order valence-electron chi connectivity index (χ2n) is 6.28. The SMILES string of the molecule is O=C(N/N=C/C1=C(c2ccccc2)C2C=CC1C2)c1ccccc1O. The maximum absolute atomic E-state index is 12.1. The molecule has 1 amide bonds. The summed E-state index contributed by atoms with van der Waals surface area (Å²) < 4.78 is 0. The van der Waals surface area contributed by atoms with E-state index in [0.29, 0.717) is 11.8 Å². The van der Waals surface area contributed by atoms with Crippen LogP contribution in [0.2, 0.25) is 0 Å². The molecule has 2 aromatic rings. The Balaban J connectivity index is 1.56. The average molecular weight is 330 g/mol. The molecule has 124 valence electrons. The van der Waals surface area contributed by atoms with Gasteiger partial charge in [-0.05, 0) is 35.3 Å². The molecular formula is C21H18N2O2. The van der Waals surface area contributed by atoms with Crippen LogP contribution in [0.5, 0.6) is 5.75 Å². The number of hydrazone groups is 1. The molecule has 4 rings (SSSR count). The Morgan fingerprint density at radius 1 is 1.04 bits per heavy atom. The van der Waals surface area contributed by atoms with Gasteiger partial charge in [-0.1, -0.05) is 54.6 Å². The minimum Gasteiger partial charge on any atom is -0.507 e. The van der Waals surface area contributed by atoms with Crippen LogP contribution in [0.1, 0.15) is 22.3 Å². The van der Waals surface area contributed by atoms with Gasteiger partial charge in [0.15, 0.2) is 0 Å². The van der Waals surface area contributed by atoms with E-state index in [0.717, 1.165) is 12.0 Å². The van der Waals surface area contributed by atoms with E-state index in [1.54, 1.807) is 24.4 Å². The monoisotopic (exact) mass is 330 g/mol. The van der Waals surface area contributed by atoms with Crippen LogP contribution in [0.25, 0.3) is 5.57 Å². The molecule has 2 aliphatic rings. The zero-order valence-corrected chi connectivity index (χ0v) is 13.6. The van der Waals surface area contributed by atoms with Crippen molar-refractivity contribution in [3.05, 3.63) is 83.4 Å². The molecule has 0 aromatic heterocycles. The molecule has 0 spiro atoms. The molecule has 2 atom stereocenters. The summed E-state index contributed by atoms with van der Waals surface area (Å²) in [6.45, 7) is 0. The lowest BCUT2D eigenvalue weighted by atomic mass is 9.92. The Morgan fingerprint density at radius 3 is 2.56 bits per heavy atom. The van der Waals surface area contributed by atoms with Gasteiger partial charge in [-0.25, -0.2) is 5.43 Å². The number of phenolic OH excluding ortho intramolecular Hbond substituents is 1. The Kier molecular flexibility index (Phi) is 3.94. The fourth-order valence-corrected chi connectivity index (χ4v) is 3.61. The first-order valence-electron chi connectivity index (χ1n) is 8.33. The van der Waals surface area contributed by atoms with Crippen molar-refractivity contribution in [2.75, 3.05) is 0 Å². The zero-order chi connectivity index (χ0) is 17.2. The highest BCUT2D eigenvalue weighted by Gasteiger charge is 2.34. The lowest BCUT2D eigenvalue weighted by Gasteiger charge is -2.13. The van der Waals surface area contributed by atoms with Crippen LogP contribution >= 0.6 is 0 Å². The van der Waals surface area contributed by atoms with E-state index >= 15 is 0 Å². The number of benzene rings is 2. The summed E-state index contributed by atoms with van der Waals surface area (Å²) in [5, 5.41) is 13.9. The van der Waals surface area contributed by atoms with Crippen molar-refractivity contribution >= 4 is 17.7 Å². The number of phenols is 1. The molecule has 0 aliphatic heterocycles. The lowest BCUT2D eigenvalue weighted by Crippen LogP contribution is -2.18. The van der Waals surface area contributed by atoms with Gasteiger partial charge >= 0.3 is 0 Å². The van der Waals surface area contributed by atoms with Crippen molar-refractivity contribution in [2.24, 2.45) is 16.9 Å². The average Bonchev–Trinajstić information content (AvgIpc) is 3.24. The van der Waals surface area contributed by atoms with E-state index in [1.165, 1.54) is 17.2 Å². The van der Waals surface area contributed by atoms with E-state index in [9.17, 15) is 9.90 Å². The number of allylic oxidation sites excluding steroid dienone is 4. The summed E-state index contributed by atoms with van der Waals surface area (Å²) in [7, 11) is 0. The third kappa shape index (κ3) is 2.87. The summed E-state index contributed by atoms with van der Waals surface area (Å²) in [5.74, 6) is 0.297. The normalized spacial score (nSPS) is 21.3. The molecule has 2 aromatic carbocycles. The Labute approximate surface area is 146 Å². The predicted molar refractivity (Wildman–Crippen MR) is 98.2 cm³/mol. The summed E-state index contributed by atoms with van der Waals surface area (Å²) in [6, 6.07) is 16.7. The maximum Gasteiger partial charge on any atom is 0.275 e. The number of rotatable bonds is 4. The lowest BCUT2D eigenvalue weighted by molar-refractivity contribution is 0.0952. The summed E-state index contributed by atoms with van der Waals surface area (Å²) in [5.41, 5.74) is 6.36. The van der Waals surface area contributed by atoms with Crippen LogP contribution < -0.4 is 5.43 Å². The molecule has 0 heterocycles. The molecule has 4 heteroatoms. The fourth-order valence-electron chi connectivity index (χ4n) is 3.61. The predicted octanol–water partition coefficient (Wildman–Crippen LogP) is 3.77. The quantitative estimate of drug-likeness (QED) is 0.509. The van der Waals surface area contributed by atoms with Gasteiger partial charge in [-0.15, -0.1) is 0 Å². The third-order valence-corrected chi connectivity index (χ3v) is 4.77. The molecule has 2 unspecified atom stereocenters. The molecule has 0 radical (unpaired) electrons. The van der Waals surface area contributed by atoms with Gasteiger partial charge in [0, 0.05) is 11.8 Å². The van der Waals surface area contributed by atoms with E-state index in [2.05, 4.69) is 34.8 Å². The van der Waals surface area contributed by atoms with Gasteiger partial charge in [0.1, 0.15) is 5.75 Å². The highest BCUT2D eigenvalue weighted by atomic mass is 16.3. The minimum absolute atomic E-state index is 0.0535. The van der Waals surface area contributed by atoms with Crippen LogP contribution in [-0.4, -0.2) is 17.2 Å². The number of nitrogens with zero attached hydrogens (tertiary/aromatic N) is 1. The molecule has 0 fully saturated rings. The molecule has 25 heavy (non-hydrogen) atoms. The number of fused-ring (bicyclic) bond motifs is 2. The van der Waals surface area contributed by atoms with Gasteiger partial charge in [0.05, 0.1) is 11.8 Å². The van der Waals surface area contributed by atoms with Crippen LogP contribution in [0.15, 0.2) is 77.4 Å². The van der Waals surface area contributed by atoms with Crippen molar-refractivity contribution in [1.29, 1.82) is 0 Å². The topological polar surface area (TPSA) is 61.7 Å². The van der Waals surface area contributed by atoms with Crippen LogP contribution in [-0.2, 0) is 0 Å². The van der Waals surface area contributed by atoms with E-state index in [-0.39, 0.29) is 11.3 Å². The first-order chi connectivity index (χ1) is 12.2. The Hall–Kier alpha value is -3.14. The highest BCUT2D eigenvalue weighted by molar-refractivity contribution is 5.99. The van der Waals surface area contributed by atoms with Crippen LogP contribution in [0, 0.1) is 11.8 Å². The van der Waals surface area contributed by atoms with Gasteiger partial charge < -0.3 is 5.11 Å². The highest BCUT2D eigenvalue weighted by Crippen LogP contribution is 2.47. The number of nitrogens with one attached hydrogen (secondary N) is 1.